The van der Waals surface area contributed by atoms with Gasteiger partial charge in [-0.2, -0.15) is 0 Å². The summed E-state index contributed by atoms with van der Waals surface area (Å²) < 4.78 is 5.79. The summed E-state index contributed by atoms with van der Waals surface area (Å²) in [5.41, 5.74) is 7.29. The summed E-state index contributed by atoms with van der Waals surface area (Å²) in [6, 6.07) is 12.8. The van der Waals surface area contributed by atoms with E-state index in [-0.39, 0.29) is 6.10 Å². The van der Waals surface area contributed by atoms with Crippen LogP contribution in [0, 0.1) is 0 Å². The van der Waals surface area contributed by atoms with Crippen LogP contribution in [0.3, 0.4) is 0 Å². The maximum Gasteiger partial charge on any atom is 0.122 e. The van der Waals surface area contributed by atoms with Crippen molar-refractivity contribution >= 4 is 28.9 Å². The second-order valence-electron chi connectivity index (χ2n) is 3.99. The summed E-state index contributed by atoms with van der Waals surface area (Å²) >= 11 is 11.7. The van der Waals surface area contributed by atoms with Gasteiger partial charge in [-0.3, -0.25) is 0 Å². The zero-order valence-corrected chi connectivity index (χ0v) is 11.4. The average Bonchev–Trinajstić information content (AvgIpc) is 2.34. The molecule has 0 heterocycles. The number of nitrogen functional groups attached to an aromatic ring is 1. The van der Waals surface area contributed by atoms with Crippen molar-refractivity contribution in [3.05, 3.63) is 58.1 Å². The van der Waals surface area contributed by atoms with Crippen molar-refractivity contribution in [1.29, 1.82) is 0 Å². The summed E-state index contributed by atoms with van der Waals surface area (Å²) in [4.78, 5) is 0. The van der Waals surface area contributed by atoms with Crippen molar-refractivity contribution in [2.75, 3.05) is 5.73 Å². The maximum absolute atomic E-state index is 5.86. The molecule has 94 valence electrons. The number of halogens is 2. The van der Waals surface area contributed by atoms with Gasteiger partial charge in [0.1, 0.15) is 11.9 Å². The fraction of sp³-hybridized carbons (Fsp3) is 0.143. The summed E-state index contributed by atoms with van der Waals surface area (Å²) in [6.45, 7) is 1.97. The van der Waals surface area contributed by atoms with Gasteiger partial charge in [0.2, 0.25) is 0 Å². The van der Waals surface area contributed by atoms with Crippen molar-refractivity contribution in [3.63, 3.8) is 0 Å². The summed E-state index contributed by atoms with van der Waals surface area (Å²) in [5.74, 6) is 0.694. The smallest absolute Gasteiger partial charge is 0.122 e. The molecule has 0 saturated carbocycles. The van der Waals surface area contributed by atoms with E-state index in [0.717, 1.165) is 5.56 Å². The molecule has 0 aliphatic heterocycles. The van der Waals surface area contributed by atoms with Crippen LogP contribution in [0.15, 0.2) is 42.5 Å². The highest BCUT2D eigenvalue weighted by molar-refractivity contribution is 6.33. The second kappa shape index (κ2) is 5.51. The third-order valence-corrected chi connectivity index (χ3v) is 3.22. The first-order valence-electron chi connectivity index (χ1n) is 5.53. The molecule has 18 heavy (non-hydrogen) atoms. The Hall–Kier alpha value is -1.38. The lowest BCUT2D eigenvalue weighted by Gasteiger charge is -2.15. The van der Waals surface area contributed by atoms with Crippen LogP contribution in [0.25, 0.3) is 0 Å². The molecule has 1 atom stereocenters. The van der Waals surface area contributed by atoms with Gasteiger partial charge in [-0.15, -0.1) is 0 Å². The molecule has 4 heteroatoms. The van der Waals surface area contributed by atoms with Crippen molar-refractivity contribution < 1.29 is 4.74 Å². The molecule has 1 unspecified atom stereocenters. The fourth-order valence-electron chi connectivity index (χ4n) is 1.60. The third kappa shape index (κ3) is 3.09. The van der Waals surface area contributed by atoms with E-state index in [2.05, 4.69) is 0 Å². The van der Waals surface area contributed by atoms with Crippen LogP contribution in [0.1, 0.15) is 18.6 Å². The molecule has 0 aliphatic rings. The molecule has 2 aromatic carbocycles. The SMILES string of the molecule is CC(Oc1ccc(Cl)c(N)c1)c1ccc(Cl)cc1. The maximum atomic E-state index is 5.86. The molecule has 0 amide bonds. The highest BCUT2D eigenvalue weighted by Crippen LogP contribution is 2.28. The van der Waals surface area contributed by atoms with Crippen LogP contribution in [0.2, 0.25) is 10.0 Å². The topological polar surface area (TPSA) is 35.2 Å². The van der Waals surface area contributed by atoms with Crippen molar-refractivity contribution in [2.24, 2.45) is 0 Å². The summed E-state index contributed by atoms with van der Waals surface area (Å²) in [6.07, 6.45) is -0.0807. The number of rotatable bonds is 3. The minimum Gasteiger partial charge on any atom is -0.486 e. The normalized spacial score (nSPS) is 12.2. The van der Waals surface area contributed by atoms with Gasteiger partial charge in [0.25, 0.3) is 0 Å². The standard InChI is InChI=1S/C14H13Cl2NO/c1-9(10-2-4-11(15)5-3-10)18-12-6-7-13(16)14(17)8-12/h2-9H,17H2,1H3. The number of hydrogen-bond donors (Lipinski definition) is 1. The zero-order valence-electron chi connectivity index (χ0n) is 9.86. The van der Waals surface area contributed by atoms with Crippen molar-refractivity contribution in [1.82, 2.24) is 0 Å². The van der Waals surface area contributed by atoms with E-state index in [1.165, 1.54) is 0 Å². The van der Waals surface area contributed by atoms with E-state index in [9.17, 15) is 0 Å². The first-order chi connectivity index (χ1) is 8.56. The number of nitrogens with two attached hydrogens (primary N) is 1. The molecule has 2 nitrogen and oxygen atoms in total. The van der Waals surface area contributed by atoms with Crippen LogP contribution in [-0.2, 0) is 0 Å². The van der Waals surface area contributed by atoms with Gasteiger partial charge in [0.05, 0.1) is 10.7 Å². The molecule has 0 bridgehead atoms. The minimum absolute atomic E-state index is 0.0807. The second-order valence-corrected chi connectivity index (χ2v) is 4.84. The van der Waals surface area contributed by atoms with E-state index in [1.54, 1.807) is 18.2 Å². The molecular formula is C14H13Cl2NO. The summed E-state index contributed by atoms with van der Waals surface area (Å²) in [5, 5.41) is 1.24. The van der Waals surface area contributed by atoms with E-state index in [4.69, 9.17) is 33.7 Å². The largest absolute Gasteiger partial charge is 0.486 e. The van der Waals surface area contributed by atoms with E-state index in [0.29, 0.717) is 21.5 Å². The van der Waals surface area contributed by atoms with E-state index in [1.807, 2.05) is 31.2 Å². The van der Waals surface area contributed by atoms with Crippen LogP contribution in [-0.4, -0.2) is 0 Å². The Balaban J connectivity index is 2.13. The average molecular weight is 282 g/mol. The monoisotopic (exact) mass is 281 g/mol. The molecule has 0 radical (unpaired) electrons. The van der Waals surface area contributed by atoms with Crippen molar-refractivity contribution in [2.45, 2.75) is 13.0 Å². The zero-order chi connectivity index (χ0) is 13.1. The molecule has 2 aromatic rings. The Bertz CT molecular complexity index is 540. The fourth-order valence-corrected chi connectivity index (χ4v) is 1.84. The van der Waals surface area contributed by atoms with Crippen molar-refractivity contribution in [3.8, 4) is 5.75 Å². The Morgan fingerprint density at radius 1 is 1.06 bits per heavy atom. The lowest BCUT2D eigenvalue weighted by atomic mass is 10.1. The van der Waals surface area contributed by atoms with Gasteiger partial charge >= 0.3 is 0 Å². The predicted molar refractivity (Wildman–Crippen MR) is 76.4 cm³/mol. The highest BCUT2D eigenvalue weighted by atomic mass is 35.5. The van der Waals surface area contributed by atoms with Gasteiger partial charge in [0, 0.05) is 11.1 Å². The Kier molecular flexibility index (Phi) is 4.00. The molecule has 0 saturated heterocycles. The highest BCUT2D eigenvalue weighted by Gasteiger charge is 2.08. The van der Waals surface area contributed by atoms with Gasteiger partial charge < -0.3 is 10.5 Å². The number of benzene rings is 2. The Morgan fingerprint density at radius 2 is 1.72 bits per heavy atom. The van der Waals surface area contributed by atoms with E-state index < -0.39 is 0 Å². The molecule has 2 rings (SSSR count). The van der Waals surface area contributed by atoms with Crippen LogP contribution < -0.4 is 10.5 Å². The molecular weight excluding hydrogens is 269 g/mol. The van der Waals surface area contributed by atoms with Crippen LogP contribution in [0.5, 0.6) is 5.75 Å². The quantitative estimate of drug-likeness (QED) is 0.827. The third-order valence-electron chi connectivity index (χ3n) is 2.62. The number of anilines is 1. The lowest BCUT2D eigenvalue weighted by molar-refractivity contribution is 0.227. The van der Waals surface area contributed by atoms with Gasteiger partial charge in [0.15, 0.2) is 0 Å². The molecule has 0 fully saturated rings. The molecule has 0 spiro atoms. The van der Waals surface area contributed by atoms with E-state index >= 15 is 0 Å². The van der Waals surface area contributed by atoms with Gasteiger partial charge in [-0.05, 0) is 36.8 Å². The minimum atomic E-state index is -0.0807. The predicted octanol–water partition coefficient (Wildman–Crippen LogP) is 4.72. The first kappa shape index (κ1) is 13.1. The van der Waals surface area contributed by atoms with Gasteiger partial charge in [-0.1, -0.05) is 35.3 Å². The number of ether oxygens (including phenoxy) is 1. The number of hydrogen-bond acceptors (Lipinski definition) is 2. The Labute approximate surface area is 116 Å². The molecule has 0 aliphatic carbocycles. The molecule has 2 N–H and O–H groups in total. The Morgan fingerprint density at radius 3 is 2.33 bits per heavy atom. The molecule has 0 aromatic heterocycles. The van der Waals surface area contributed by atoms with Crippen LogP contribution in [0.4, 0.5) is 5.69 Å². The van der Waals surface area contributed by atoms with Crippen LogP contribution >= 0.6 is 23.2 Å². The summed E-state index contributed by atoms with van der Waals surface area (Å²) in [7, 11) is 0. The first-order valence-corrected chi connectivity index (χ1v) is 6.29. The van der Waals surface area contributed by atoms with Gasteiger partial charge in [-0.25, -0.2) is 0 Å². The lowest BCUT2D eigenvalue weighted by Crippen LogP contribution is -2.03.